The highest BCUT2D eigenvalue weighted by Crippen LogP contribution is 2.17. The Balaban J connectivity index is 4.67. The van der Waals surface area contributed by atoms with Crippen LogP contribution in [-0.4, -0.2) is 40.8 Å². The first-order valence-electron chi connectivity index (χ1n) is 6.20. The number of amides is 1. The minimum Gasteiger partial charge on any atom is -0.481 e. The van der Waals surface area contributed by atoms with Crippen LogP contribution >= 0.6 is 0 Å². The summed E-state index contributed by atoms with van der Waals surface area (Å²) in [6, 6.07) is -0.336. The lowest BCUT2D eigenvalue weighted by molar-refractivity contribution is -0.138. The number of aliphatic carboxylic acids is 1. The van der Waals surface area contributed by atoms with Gasteiger partial charge in [-0.3, -0.25) is 4.79 Å². The zero-order chi connectivity index (χ0) is 14.5. The molecular weight excluding hydrogens is 234 g/mol. The standard InChI is InChI=1S/C13H25NO4/c1-9(2)7-10(8-11(15)16)14(6)12(17)18-13(3,4)5/h9-10H,7-8H2,1-6H3,(H,15,16)/t10-/m0/s1. The maximum absolute atomic E-state index is 11.9. The fraction of sp³-hybridized carbons (Fsp3) is 0.846. The zero-order valence-corrected chi connectivity index (χ0v) is 12.2. The molecule has 0 fully saturated rings. The van der Waals surface area contributed by atoms with Crippen molar-refractivity contribution in [2.45, 2.75) is 59.1 Å². The number of hydrogen-bond donors (Lipinski definition) is 1. The smallest absolute Gasteiger partial charge is 0.410 e. The van der Waals surface area contributed by atoms with Crippen LogP contribution in [-0.2, 0) is 9.53 Å². The summed E-state index contributed by atoms with van der Waals surface area (Å²) in [6.45, 7) is 9.35. The molecule has 0 aromatic carbocycles. The Morgan fingerprint density at radius 2 is 1.78 bits per heavy atom. The lowest BCUT2D eigenvalue weighted by atomic mass is 10.0. The first-order chi connectivity index (χ1) is 8.03. The highest BCUT2D eigenvalue weighted by atomic mass is 16.6. The van der Waals surface area contributed by atoms with Gasteiger partial charge in [0.15, 0.2) is 0 Å². The molecular formula is C13H25NO4. The van der Waals surface area contributed by atoms with Gasteiger partial charge in [0.25, 0.3) is 0 Å². The maximum atomic E-state index is 11.9. The molecule has 0 saturated heterocycles. The van der Waals surface area contributed by atoms with Crippen molar-refractivity contribution in [3.05, 3.63) is 0 Å². The summed E-state index contributed by atoms with van der Waals surface area (Å²) in [5, 5.41) is 8.88. The Kier molecular flexibility index (Phi) is 6.15. The molecule has 18 heavy (non-hydrogen) atoms. The van der Waals surface area contributed by atoms with Crippen LogP contribution in [0.25, 0.3) is 0 Å². The summed E-state index contributed by atoms with van der Waals surface area (Å²) in [5.41, 5.74) is -0.572. The van der Waals surface area contributed by atoms with Crippen molar-refractivity contribution in [1.82, 2.24) is 4.90 Å². The second-order valence-electron chi connectivity index (χ2n) is 5.97. The molecule has 0 unspecified atom stereocenters. The third kappa shape index (κ3) is 7.14. The molecule has 0 aliphatic carbocycles. The van der Waals surface area contributed by atoms with Crippen LogP contribution < -0.4 is 0 Å². The van der Waals surface area contributed by atoms with E-state index >= 15 is 0 Å². The molecule has 1 atom stereocenters. The summed E-state index contributed by atoms with van der Waals surface area (Å²) in [6.07, 6.45) is 0.102. The van der Waals surface area contributed by atoms with Gasteiger partial charge in [-0.15, -0.1) is 0 Å². The minimum absolute atomic E-state index is 0.0616. The maximum Gasteiger partial charge on any atom is 0.410 e. The van der Waals surface area contributed by atoms with Gasteiger partial charge in [0.05, 0.1) is 6.42 Å². The van der Waals surface area contributed by atoms with Crippen molar-refractivity contribution < 1.29 is 19.4 Å². The van der Waals surface area contributed by atoms with Crippen molar-refractivity contribution in [1.29, 1.82) is 0 Å². The number of carboxylic acid groups (broad SMARTS) is 1. The Hall–Kier alpha value is -1.26. The highest BCUT2D eigenvalue weighted by Gasteiger charge is 2.27. The molecule has 0 aromatic rings. The predicted octanol–water partition coefficient (Wildman–Crippen LogP) is 2.74. The van der Waals surface area contributed by atoms with Gasteiger partial charge in [0.2, 0.25) is 0 Å². The van der Waals surface area contributed by atoms with E-state index in [1.54, 1.807) is 27.8 Å². The fourth-order valence-electron chi connectivity index (χ4n) is 1.61. The number of carboxylic acids is 1. The summed E-state index contributed by atoms with van der Waals surface area (Å²) in [7, 11) is 1.59. The molecule has 106 valence electrons. The van der Waals surface area contributed by atoms with E-state index in [9.17, 15) is 9.59 Å². The Bertz CT molecular complexity index is 294. The molecule has 1 amide bonds. The third-order valence-electron chi connectivity index (χ3n) is 2.38. The number of rotatable bonds is 5. The van der Waals surface area contributed by atoms with Gasteiger partial charge >= 0.3 is 12.1 Å². The van der Waals surface area contributed by atoms with E-state index in [1.165, 1.54) is 4.90 Å². The number of ether oxygens (including phenoxy) is 1. The molecule has 0 spiro atoms. The molecule has 0 rings (SSSR count). The topological polar surface area (TPSA) is 66.8 Å². The van der Waals surface area contributed by atoms with Gasteiger partial charge < -0.3 is 14.7 Å². The third-order valence-corrected chi connectivity index (χ3v) is 2.38. The van der Waals surface area contributed by atoms with Gasteiger partial charge in [-0.1, -0.05) is 13.8 Å². The van der Waals surface area contributed by atoms with Crippen molar-refractivity contribution >= 4 is 12.1 Å². The molecule has 0 aliphatic heterocycles. The van der Waals surface area contributed by atoms with Crippen molar-refractivity contribution in [2.24, 2.45) is 5.92 Å². The average molecular weight is 259 g/mol. The Morgan fingerprint density at radius 1 is 1.28 bits per heavy atom. The van der Waals surface area contributed by atoms with E-state index in [4.69, 9.17) is 9.84 Å². The summed E-state index contributed by atoms with van der Waals surface area (Å²) >= 11 is 0. The number of carbonyl (C=O) groups is 2. The SMILES string of the molecule is CC(C)C[C@@H](CC(=O)O)N(C)C(=O)OC(C)(C)C. The molecule has 0 saturated carbocycles. The van der Waals surface area contributed by atoms with Crippen molar-refractivity contribution in [2.75, 3.05) is 7.05 Å². The second kappa shape index (κ2) is 6.61. The number of nitrogens with zero attached hydrogens (tertiary/aromatic N) is 1. The van der Waals surface area contributed by atoms with E-state index in [1.807, 2.05) is 13.8 Å². The molecule has 0 aromatic heterocycles. The summed E-state index contributed by atoms with van der Waals surface area (Å²) in [4.78, 5) is 24.1. The van der Waals surface area contributed by atoms with Crippen LogP contribution in [0, 0.1) is 5.92 Å². The lowest BCUT2D eigenvalue weighted by Crippen LogP contribution is -2.42. The molecule has 1 N–H and O–H groups in total. The summed E-state index contributed by atoms with van der Waals surface area (Å²) in [5.74, 6) is -0.588. The Morgan fingerprint density at radius 3 is 2.11 bits per heavy atom. The quantitative estimate of drug-likeness (QED) is 0.824. The van der Waals surface area contributed by atoms with Crippen LogP contribution in [0.3, 0.4) is 0 Å². The second-order valence-corrected chi connectivity index (χ2v) is 5.97. The van der Waals surface area contributed by atoms with Gasteiger partial charge in [-0.05, 0) is 33.1 Å². The Labute approximate surface area is 109 Å². The van der Waals surface area contributed by atoms with Crippen LogP contribution in [0.5, 0.6) is 0 Å². The largest absolute Gasteiger partial charge is 0.481 e. The first kappa shape index (κ1) is 16.7. The van der Waals surface area contributed by atoms with Crippen molar-refractivity contribution in [3.63, 3.8) is 0 Å². The lowest BCUT2D eigenvalue weighted by Gasteiger charge is -2.30. The van der Waals surface area contributed by atoms with Crippen LogP contribution in [0.4, 0.5) is 4.79 Å². The van der Waals surface area contributed by atoms with Gasteiger partial charge in [-0.2, -0.15) is 0 Å². The van der Waals surface area contributed by atoms with E-state index in [0.717, 1.165) is 0 Å². The van der Waals surface area contributed by atoms with E-state index in [-0.39, 0.29) is 12.5 Å². The predicted molar refractivity (Wildman–Crippen MR) is 69.5 cm³/mol. The van der Waals surface area contributed by atoms with Crippen LogP contribution in [0.1, 0.15) is 47.5 Å². The number of carbonyl (C=O) groups excluding carboxylic acids is 1. The van der Waals surface area contributed by atoms with Gasteiger partial charge in [0.1, 0.15) is 5.60 Å². The first-order valence-corrected chi connectivity index (χ1v) is 6.20. The molecule has 0 aliphatic rings. The fourth-order valence-corrected chi connectivity index (χ4v) is 1.61. The number of hydrogen-bond acceptors (Lipinski definition) is 3. The average Bonchev–Trinajstić information content (AvgIpc) is 2.11. The van der Waals surface area contributed by atoms with Crippen molar-refractivity contribution in [3.8, 4) is 0 Å². The molecule has 5 nitrogen and oxygen atoms in total. The monoisotopic (exact) mass is 259 g/mol. The van der Waals surface area contributed by atoms with Crippen LogP contribution in [0.2, 0.25) is 0 Å². The minimum atomic E-state index is -0.906. The molecule has 0 heterocycles. The zero-order valence-electron chi connectivity index (χ0n) is 12.2. The van der Waals surface area contributed by atoms with E-state index in [0.29, 0.717) is 12.3 Å². The molecule has 0 radical (unpaired) electrons. The normalized spacial score (nSPS) is 13.3. The van der Waals surface area contributed by atoms with E-state index in [2.05, 4.69) is 0 Å². The summed E-state index contributed by atoms with van der Waals surface area (Å²) < 4.78 is 5.24. The van der Waals surface area contributed by atoms with E-state index < -0.39 is 17.7 Å². The van der Waals surface area contributed by atoms with Crippen LogP contribution in [0.15, 0.2) is 0 Å². The molecule has 5 heteroatoms. The van der Waals surface area contributed by atoms with Gasteiger partial charge in [0, 0.05) is 13.1 Å². The highest BCUT2D eigenvalue weighted by molar-refractivity contribution is 5.71. The van der Waals surface area contributed by atoms with Gasteiger partial charge in [-0.25, -0.2) is 4.79 Å². The molecule has 0 bridgehead atoms.